The lowest BCUT2D eigenvalue weighted by Gasteiger charge is -2.04. The molecule has 0 bridgehead atoms. The standard InChI is InChI=1S/C12H10ClNO2/c1-7-6-8(14)2-3-9(7)11(15)10-4-5-16-12(10)13/h2-6H,14H2,1H3. The number of furan rings is 1. The van der Waals surface area contributed by atoms with Gasteiger partial charge < -0.3 is 10.2 Å². The van der Waals surface area contributed by atoms with E-state index in [2.05, 4.69) is 0 Å². The summed E-state index contributed by atoms with van der Waals surface area (Å²) in [5.74, 6) is -0.156. The van der Waals surface area contributed by atoms with E-state index in [4.69, 9.17) is 21.8 Å². The molecule has 3 nitrogen and oxygen atoms in total. The van der Waals surface area contributed by atoms with Crippen LogP contribution in [0, 0.1) is 6.92 Å². The first kappa shape index (κ1) is 10.8. The molecule has 16 heavy (non-hydrogen) atoms. The Hall–Kier alpha value is -1.74. The van der Waals surface area contributed by atoms with Crippen molar-refractivity contribution < 1.29 is 9.21 Å². The second-order valence-electron chi connectivity index (χ2n) is 3.51. The summed E-state index contributed by atoms with van der Waals surface area (Å²) in [6.07, 6.45) is 1.39. The SMILES string of the molecule is Cc1cc(N)ccc1C(=O)c1ccoc1Cl. The Kier molecular flexibility index (Phi) is 2.71. The van der Waals surface area contributed by atoms with Crippen molar-refractivity contribution in [3.8, 4) is 0 Å². The van der Waals surface area contributed by atoms with Crippen molar-refractivity contribution >= 4 is 23.1 Å². The lowest BCUT2D eigenvalue weighted by Crippen LogP contribution is -2.03. The molecule has 1 aromatic heterocycles. The third kappa shape index (κ3) is 1.82. The van der Waals surface area contributed by atoms with Crippen LogP contribution in [0.4, 0.5) is 5.69 Å². The van der Waals surface area contributed by atoms with E-state index in [1.165, 1.54) is 6.26 Å². The number of nitrogen functional groups attached to an aromatic ring is 1. The van der Waals surface area contributed by atoms with Crippen molar-refractivity contribution in [2.75, 3.05) is 5.73 Å². The first-order chi connectivity index (χ1) is 7.59. The first-order valence-corrected chi connectivity index (χ1v) is 5.11. The van der Waals surface area contributed by atoms with Gasteiger partial charge >= 0.3 is 0 Å². The normalized spacial score (nSPS) is 10.4. The minimum Gasteiger partial charge on any atom is -0.452 e. The predicted molar refractivity (Wildman–Crippen MR) is 62.7 cm³/mol. The molecule has 0 saturated heterocycles. The zero-order valence-electron chi connectivity index (χ0n) is 8.66. The fourth-order valence-corrected chi connectivity index (χ4v) is 1.74. The summed E-state index contributed by atoms with van der Waals surface area (Å²) in [4.78, 5) is 12.1. The molecule has 0 unspecified atom stereocenters. The molecule has 2 rings (SSSR count). The average molecular weight is 236 g/mol. The average Bonchev–Trinajstić information content (AvgIpc) is 2.63. The van der Waals surface area contributed by atoms with Gasteiger partial charge in [-0.05, 0) is 48.4 Å². The molecule has 2 aromatic rings. The Morgan fingerprint density at radius 3 is 2.62 bits per heavy atom. The molecule has 4 heteroatoms. The van der Waals surface area contributed by atoms with E-state index in [-0.39, 0.29) is 11.0 Å². The quantitative estimate of drug-likeness (QED) is 0.643. The van der Waals surface area contributed by atoms with Crippen LogP contribution < -0.4 is 5.73 Å². The lowest BCUT2D eigenvalue weighted by atomic mass is 10.0. The molecule has 0 amide bonds. The van der Waals surface area contributed by atoms with E-state index >= 15 is 0 Å². The van der Waals surface area contributed by atoms with Crippen LogP contribution in [0.2, 0.25) is 5.22 Å². The van der Waals surface area contributed by atoms with Crippen molar-refractivity contribution in [1.82, 2.24) is 0 Å². The number of halogens is 1. The largest absolute Gasteiger partial charge is 0.452 e. The maximum atomic E-state index is 12.1. The molecule has 0 saturated carbocycles. The van der Waals surface area contributed by atoms with E-state index in [1.54, 1.807) is 24.3 Å². The maximum Gasteiger partial charge on any atom is 0.204 e. The van der Waals surface area contributed by atoms with Crippen molar-refractivity contribution in [2.45, 2.75) is 6.92 Å². The highest BCUT2D eigenvalue weighted by atomic mass is 35.5. The van der Waals surface area contributed by atoms with Crippen LogP contribution in [-0.4, -0.2) is 5.78 Å². The first-order valence-electron chi connectivity index (χ1n) is 4.73. The van der Waals surface area contributed by atoms with Crippen molar-refractivity contribution in [2.24, 2.45) is 0 Å². The van der Waals surface area contributed by atoms with Gasteiger partial charge in [-0.15, -0.1) is 0 Å². The maximum absolute atomic E-state index is 12.1. The molecule has 1 aromatic carbocycles. The van der Waals surface area contributed by atoms with Crippen molar-refractivity contribution in [3.05, 3.63) is 52.4 Å². The molecular formula is C12H10ClNO2. The van der Waals surface area contributed by atoms with Gasteiger partial charge in [-0.3, -0.25) is 4.79 Å². The number of benzene rings is 1. The number of hydrogen-bond donors (Lipinski definition) is 1. The van der Waals surface area contributed by atoms with Gasteiger partial charge in [-0.1, -0.05) is 0 Å². The van der Waals surface area contributed by atoms with Gasteiger partial charge in [-0.25, -0.2) is 0 Å². The van der Waals surface area contributed by atoms with Gasteiger partial charge in [0.05, 0.1) is 11.8 Å². The molecule has 0 atom stereocenters. The van der Waals surface area contributed by atoms with E-state index in [1.807, 2.05) is 6.92 Å². The summed E-state index contributed by atoms with van der Waals surface area (Å²) in [6, 6.07) is 6.69. The fraction of sp³-hybridized carbons (Fsp3) is 0.0833. The van der Waals surface area contributed by atoms with E-state index < -0.39 is 0 Å². The summed E-state index contributed by atoms with van der Waals surface area (Å²) in [5.41, 5.74) is 8.02. The van der Waals surface area contributed by atoms with Gasteiger partial charge in [0.25, 0.3) is 0 Å². The highest BCUT2D eigenvalue weighted by Crippen LogP contribution is 2.22. The summed E-state index contributed by atoms with van der Waals surface area (Å²) in [6.45, 7) is 1.83. The topological polar surface area (TPSA) is 56.2 Å². The number of ketones is 1. The number of nitrogens with two attached hydrogens (primary N) is 1. The second kappa shape index (κ2) is 4.02. The second-order valence-corrected chi connectivity index (χ2v) is 3.85. The van der Waals surface area contributed by atoms with Crippen molar-refractivity contribution in [3.63, 3.8) is 0 Å². The van der Waals surface area contributed by atoms with Gasteiger partial charge in [-0.2, -0.15) is 0 Å². The summed E-state index contributed by atoms with van der Waals surface area (Å²) < 4.78 is 4.89. The van der Waals surface area contributed by atoms with Gasteiger partial charge in [0.1, 0.15) is 0 Å². The van der Waals surface area contributed by atoms with Crippen LogP contribution >= 0.6 is 11.6 Å². The molecule has 2 N–H and O–H groups in total. The number of rotatable bonds is 2. The summed E-state index contributed by atoms with van der Waals surface area (Å²) in [7, 11) is 0. The molecule has 1 heterocycles. The molecule has 0 fully saturated rings. The Morgan fingerprint density at radius 1 is 1.31 bits per heavy atom. The monoisotopic (exact) mass is 235 g/mol. The Bertz CT molecular complexity index is 546. The van der Waals surface area contributed by atoms with Crippen molar-refractivity contribution in [1.29, 1.82) is 0 Å². The Balaban J connectivity index is 2.46. The van der Waals surface area contributed by atoms with Gasteiger partial charge in [0, 0.05) is 11.3 Å². The van der Waals surface area contributed by atoms with Crippen LogP contribution in [0.25, 0.3) is 0 Å². The highest BCUT2D eigenvalue weighted by molar-refractivity contribution is 6.33. The van der Waals surface area contributed by atoms with Crippen LogP contribution in [0.1, 0.15) is 21.5 Å². The minimum absolute atomic E-state index is 0.112. The van der Waals surface area contributed by atoms with Crippen LogP contribution in [0.3, 0.4) is 0 Å². The zero-order valence-corrected chi connectivity index (χ0v) is 9.41. The van der Waals surface area contributed by atoms with Gasteiger partial charge in [0.15, 0.2) is 5.78 Å². The van der Waals surface area contributed by atoms with E-state index in [9.17, 15) is 4.79 Å². The molecule has 0 radical (unpaired) electrons. The molecule has 82 valence electrons. The smallest absolute Gasteiger partial charge is 0.204 e. The molecule has 0 spiro atoms. The molecule has 0 aliphatic heterocycles. The number of aryl methyl sites for hydroxylation is 1. The third-order valence-corrected chi connectivity index (χ3v) is 2.65. The third-order valence-electron chi connectivity index (χ3n) is 2.36. The predicted octanol–water partition coefficient (Wildman–Crippen LogP) is 3.05. The minimum atomic E-state index is -0.156. The van der Waals surface area contributed by atoms with E-state index in [0.717, 1.165) is 5.56 Å². The molecular weight excluding hydrogens is 226 g/mol. The zero-order chi connectivity index (χ0) is 11.7. The molecule has 0 aliphatic carbocycles. The number of carbonyl (C=O) groups excluding carboxylic acids is 1. The molecule has 0 aliphatic rings. The summed E-state index contributed by atoms with van der Waals surface area (Å²) >= 11 is 5.76. The van der Waals surface area contributed by atoms with Crippen LogP contribution in [-0.2, 0) is 0 Å². The number of carbonyl (C=O) groups is 1. The van der Waals surface area contributed by atoms with Gasteiger partial charge in [0.2, 0.25) is 5.22 Å². The lowest BCUT2D eigenvalue weighted by molar-refractivity contribution is 0.103. The number of anilines is 1. The highest BCUT2D eigenvalue weighted by Gasteiger charge is 2.16. The fourth-order valence-electron chi connectivity index (χ4n) is 1.54. The van der Waals surface area contributed by atoms with Crippen LogP contribution in [0.5, 0.6) is 0 Å². The Morgan fingerprint density at radius 2 is 2.06 bits per heavy atom. The Labute approximate surface area is 97.8 Å². The van der Waals surface area contributed by atoms with E-state index in [0.29, 0.717) is 16.8 Å². The van der Waals surface area contributed by atoms with Crippen LogP contribution in [0.15, 0.2) is 34.9 Å². The summed E-state index contributed by atoms with van der Waals surface area (Å²) in [5, 5.41) is 0.112. The number of hydrogen-bond acceptors (Lipinski definition) is 3.